The Kier molecular flexibility index (Phi) is 4.02. The number of rotatable bonds is 4. The first-order valence-corrected chi connectivity index (χ1v) is 6.72. The predicted octanol–water partition coefficient (Wildman–Crippen LogP) is 2.38. The van der Waals surface area contributed by atoms with Crippen molar-refractivity contribution in [3.63, 3.8) is 0 Å². The zero-order chi connectivity index (χ0) is 13.0. The summed E-state index contributed by atoms with van der Waals surface area (Å²) in [5.74, 6) is 0.152. The minimum absolute atomic E-state index is 0.0730. The van der Waals surface area contributed by atoms with Crippen LogP contribution < -0.4 is 11.1 Å². The molecular weight excluding hydrogens is 224 g/mol. The summed E-state index contributed by atoms with van der Waals surface area (Å²) in [6.45, 7) is 2.50. The summed E-state index contributed by atoms with van der Waals surface area (Å²) < 4.78 is 0. The number of benzene rings is 1. The molecule has 98 valence electrons. The summed E-state index contributed by atoms with van der Waals surface area (Å²) in [7, 11) is 0. The van der Waals surface area contributed by atoms with E-state index in [0.717, 1.165) is 31.2 Å². The van der Waals surface area contributed by atoms with Gasteiger partial charge in [-0.25, -0.2) is 0 Å². The third-order valence-electron chi connectivity index (χ3n) is 4.00. The van der Waals surface area contributed by atoms with E-state index in [1.54, 1.807) is 0 Å². The largest absolute Gasteiger partial charge is 0.348 e. The summed E-state index contributed by atoms with van der Waals surface area (Å²) in [4.78, 5) is 12.3. The first-order chi connectivity index (χ1) is 8.65. The summed E-state index contributed by atoms with van der Waals surface area (Å²) in [6.07, 6.45) is 4.29. The van der Waals surface area contributed by atoms with Crippen LogP contribution in [-0.4, -0.2) is 12.5 Å². The topological polar surface area (TPSA) is 55.1 Å². The Morgan fingerprint density at radius 2 is 1.94 bits per heavy atom. The van der Waals surface area contributed by atoms with Gasteiger partial charge in [0.1, 0.15) is 0 Å². The van der Waals surface area contributed by atoms with Crippen LogP contribution in [0, 0.1) is 5.41 Å². The van der Waals surface area contributed by atoms with Crippen LogP contribution in [0.15, 0.2) is 30.3 Å². The normalized spacial score (nSPS) is 19.4. The average Bonchev–Trinajstić information content (AvgIpc) is 2.85. The van der Waals surface area contributed by atoms with Crippen LogP contribution in [0.5, 0.6) is 0 Å². The molecule has 1 unspecified atom stereocenters. The van der Waals surface area contributed by atoms with Gasteiger partial charge in [0.25, 0.3) is 0 Å². The molecule has 1 aliphatic carbocycles. The van der Waals surface area contributed by atoms with Crippen molar-refractivity contribution in [3.05, 3.63) is 35.9 Å². The first-order valence-electron chi connectivity index (χ1n) is 6.72. The fourth-order valence-electron chi connectivity index (χ4n) is 2.68. The van der Waals surface area contributed by atoms with Crippen molar-refractivity contribution < 1.29 is 4.79 Å². The second-order valence-corrected chi connectivity index (χ2v) is 5.44. The van der Waals surface area contributed by atoms with Crippen molar-refractivity contribution >= 4 is 5.91 Å². The molecule has 1 fully saturated rings. The highest BCUT2D eigenvalue weighted by Crippen LogP contribution is 2.38. The van der Waals surface area contributed by atoms with E-state index in [-0.39, 0.29) is 17.4 Å². The van der Waals surface area contributed by atoms with Gasteiger partial charge in [0.05, 0.1) is 6.04 Å². The first kappa shape index (κ1) is 13.1. The number of hydrogen-bond acceptors (Lipinski definition) is 2. The smallest absolute Gasteiger partial charge is 0.226 e. The lowest BCUT2D eigenvalue weighted by atomic mass is 9.87. The van der Waals surface area contributed by atoms with E-state index in [1.807, 2.05) is 30.3 Å². The van der Waals surface area contributed by atoms with Crippen LogP contribution in [0.25, 0.3) is 0 Å². The van der Waals surface area contributed by atoms with Gasteiger partial charge in [0.15, 0.2) is 0 Å². The number of nitrogens with one attached hydrogen (secondary N) is 1. The lowest BCUT2D eigenvalue weighted by Crippen LogP contribution is -2.41. The number of amides is 1. The van der Waals surface area contributed by atoms with Crippen molar-refractivity contribution in [1.29, 1.82) is 0 Å². The van der Waals surface area contributed by atoms with Gasteiger partial charge < -0.3 is 11.1 Å². The molecule has 0 spiro atoms. The Morgan fingerprint density at radius 1 is 1.33 bits per heavy atom. The van der Waals surface area contributed by atoms with Crippen molar-refractivity contribution in [1.82, 2.24) is 5.32 Å². The van der Waals surface area contributed by atoms with Gasteiger partial charge in [-0.3, -0.25) is 4.79 Å². The molecular formula is C15H22N2O. The molecule has 1 aliphatic rings. The van der Waals surface area contributed by atoms with Gasteiger partial charge in [0, 0.05) is 12.0 Å². The van der Waals surface area contributed by atoms with Gasteiger partial charge >= 0.3 is 0 Å². The molecule has 18 heavy (non-hydrogen) atoms. The Hall–Kier alpha value is -1.35. The van der Waals surface area contributed by atoms with Gasteiger partial charge in [-0.1, -0.05) is 50.1 Å². The number of carbonyl (C=O) groups excluding carboxylic acids is 1. The van der Waals surface area contributed by atoms with Crippen LogP contribution >= 0.6 is 0 Å². The number of hydrogen-bond donors (Lipinski definition) is 2. The Labute approximate surface area is 109 Å². The second-order valence-electron chi connectivity index (χ2n) is 5.44. The van der Waals surface area contributed by atoms with E-state index in [2.05, 4.69) is 12.2 Å². The molecule has 1 aromatic rings. The van der Waals surface area contributed by atoms with Crippen LogP contribution in [-0.2, 0) is 4.79 Å². The maximum Gasteiger partial charge on any atom is 0.226 e. The Balaban J connectivity index is 2.05. The van der Waals surface area contributed by atoms with Crippen LogP contribution in [0.4, 0.5) is 0 Å². The maximum atomic E-state index is 12.3. The van der Waals surface area contributed by atoms with Crippen molar-refractivity contribution in [2.75, 3.05) is 6.54 Å². The zero-order valence-electron chi connectivity index (χ0n) is 11.0. The molecule has 3 heteroatoms. The monoisotopic (exact) mass is 246 g/mol. The highest BCUT2D eigenvalue weighted by molar-refractivity contribution is 5.82. The summed E-state index contributed by atoms with van der Waals surface area (Å²) in [5.41, 5.74) is 6.67. The van der Waals surface area contributed by atoms with Crippen LogP contribution in [0.2, 0.25) is 0 Å². The Morgan fingerprint density at radius 3 is 2.50 bits per heavy atom. The van der Waals surface area contributed by atoms with Gasteiger partial charge in [-0.15, -0.1) is 0 Å². The van der Waals surface area contributed by atoms with Crippen molar-refractivity contribution in [2.45, 2.75) is 38.6 Å². The third-order valence-corrected chi connectivity index (χ3v) is 4.00. The molecule has 1 atom stereocenters. The minimum Gasteiger partial charge on any atom is -0.348 e. The molecule has 2 rings (SSSR count). The summed E-state index contributed by atoms with van der Waals surface area (Å²) >= 11 is 0. The van der Waals surface area contributed by atoms with E-state index in [9.17, 15) is 4.79 Å². The number of carbonyl (C=O) groups is 1. The van der Waals surface area contributed by atoms with Crippen LogP contribution in [0.3, 0.4) is 0 Å². The van der Waals surface area contributed by atoms with E-state index < -0.39 is 0 Å². The Bertz CT molecular complexity index is 396. The summed E-state index contributed by atoms with van der Waals surface area (Å²) in [6, 6.07) is 9.86. The van der Waals surface area contributed by atoms with Crippen molar-refractivity contribution in [3.8, 4) is 0 Å². The minimum atomic E-state index is -0.192. The maximum absolute atomic E-state index is 12.3. The molecule has 0 heterocycles. The molecule has 3 N–H and O–H groups in total. The van der Waals surface area contributed by atoms with E-state index in [1.165, 1.54) is 0 Å². The highest BCUT2D eigenvalue weighted by Gasteiger charge is 2.36. The van der Waals surface area contributed by atoms with E-state index >= 15 is 0 Å². The second kappa shape index (κ2) is 5.53. The number of nitrogens with two attached hydrogens (primary N) is 1. The van der Waals surface area contributed by atoms with Gasteiger partial charge in [-0.2, -0.15) is 0 Å². The zero-order valence-corrected chi connectivity index (χ0v) is 11.0. The SMILES string of the molecule is CC1(C(=O)NC(CN)c2ccccc2)CCCC1. The van der Waals surface area contributed by atoms with Gasteiger partial charge in [0.2, 0.25) is 5.91 Å². The standard InChI is InChI=1S/C15H22N2O/c1-15(9-5-6-10-15)14(18)17-13(11-16)12-7-3-2-4-8-12/h2-4,7-8,13H,5-6,9-11,16H2,1H3,(H,17,18). The van der Waals surface area contributed by atoms with Crippen molar-refractivity contribution in [2.24, 2.45) is 11.1 Å². The fourth-order valence-corrected chi connectivity index (χ4v) is 2.68. The molecule has 0 aromatic heterocycles. The molecule has 0 saturated heterocycles. The quantitative estimate of drug-likeness (QED) is 0.857. The lowest BCUT2D eigenvalue weighted by molar-refractivity contribution is -0.130. The third kappa shape index (κ3) is 2.72. The van der Waals surface area contributed by atoms with E-state index in [0.29, 0.717) is 6.54 Å². The highest BCUT2D eigenvalue weighted by atomic mass is 16.2. The van der Waals surface area contributed by atoms with Gasteiger partial charge in [-0.05, 0) is 18.4 Å². The molecule has 1 saturated carbocycles. The molecule has 1 aromatic carbocycles. The fraction of sp³-hybridized carbons (Fsp3) is 0.533. The van der Waals surface area contributed by atoms with E-state index in [4.69, 9.17) is 5.73 Å². The molecule has 0 aliphatic heterocycles. The molecule has 0 radical (unpaired) electrons. The molecule has 1 amide bonds. The predicted molar refractivity (Wildman–Crippen MR) is 73.0 cm³/mol. The average molecular weight is 246 g/mol. The molecule has 3 nitrogen and oxygen atoms in total. The van der Waals surface area contributed by atoms with Crippen LogP contribution in [0.1, 0.15) is 44.2 Å². The summed E-state index contributed by atoms with van der Waals surface area (Å²) in [5, 5.41) is 3.10. The lowest BCUT2D eigenvalue weighted by Gasteiger charge is -2.26. The molecule has 0 bridgehead atoms.